The van der Waals surface area contributed by atoms with Gasteiger partial charge in [-0.1, -0.05) is 12.8 Å². The van der Waals surface area contributed by atoms with Crippen LogP contribution in [0.15, 0.2) is 32.3 Å². The molecule has 1 aliphatic carbocycles. The van der Waals surface area contributed by atoms with E-state index in [0.717, 1.165) is 24.4 Å². The maximum atomic E-state index is 12.7. The van der Waals surface area contributed by atoms with Crippen LogP contribution in [0, 0.1) is 0 Å². The standard InChI is InChI=1S/C14H17N3O5S3/c1-17-13-7-6-9(8-10(13)14(18)23-17)25(21,22)16-12-5-3-2-4-11(12)15-24(19)20/h6-8,11-12,16H,2-5H2,1H3/t11-,12-/m1/s1. The quantitative estimate of drug-likeness (QED) is 0.825. The summed E-state index contributed by atoms with van der Waals surface area (Å²) in [7, 11) is -4.73. The van der Waals surface area contributed by atoms with Crippen molar-refractivity contribution >= 4 is 43.0 Å². The van der Waals surface area contributed by atoms with Gasteiger partial charge in [-0.3, -0.25) is 8.75 Å². The Morgan fingerprint density at radius 2 is 2.00 bits per heavy atom. The van der Waals surface area contributed by atoms with Gasteiger partial charge in [0.2, 0.25) is 10.0 Å². The van der Waals surface area contributed by atoms with E-state index in [4.69, 9.17) is 0 Å². The van der Waals surface area contributed by atoms with Gasteiger partial charge in [-0.15, -0.1) is 0 Å². The Morgan fingerprint density at radius 1 is 1.28 bits per heavy atom. The molecule has 25 heavy (non-hydrogen) atoms. The molecule has 0 unspecified atom stereocenters. The van der Waals surface area contributed by atoms with Crippen molar-refractivity contribution in [2.24, 2.45) is 11.4 Å². The molecule has 11 heteroatoms. The lowest BCUT2D eigenvalue weighted by Gasteiger charge is -2.27. The average molecular weight is 404 g/mol. The molecule has 2 atom stereocenters. The summed E-state index contributed by atoms with van der Waals surface area (Å²) >= 11 is 1.01. The molecule has 0 spiro atoms. The smallest absolute Gasteiger partial charge is 0.297 e. The molecule has 1 aromatic heterocycles. The topological polar surface area (TPSA) is 115 Å². The molecular formula is C14H17N3O5S3. The molecule has 0 bridgehead atoms. The Hall–Kier alpha value is -1.56. The third-order valence-corrected chi connectivity index (χ3v) is 7.10. The van der Waals surface area contributed by atoms with Gasteiger partial charge in [0.1, 0.15) is 0 Å². The fourth-order valence-corrected chi connectivity index (χ4v) is 5.67. The third-order valence-electron chi connectivity index (χ3n) is 4.31. The molecule has 0 saturated heterocycles. The highest BCUT2D eigenvalue weighted by atomic mass is 32.2. The van der Waals surface area contributed by atoms with Crippen LogP contribution in [0.25, 0.3) is 10.9 Å². The average Bonchev–Trinajstić information content (AvgIpc) is 2.83. The van der Waals surface area contributed by atoms with Crippen molar-refractivity contribution in [2.75, 3.05) is 0 Å². The number of benzene rings is 1. The normalized spacial score (nSPS) is 21.3. The zero-order valence-corrected chi connectivity index (χ0v) is 15.8. The van der Waals surface area contributed by atoms with Gasteiger partial charge in [-0.2, -0.15) is 12.8 Å². The summed E-state index contributed by atoms with van der Waals surface area (Å²) < 4.78 is 54.7. The van der Waals surface area contributed by atoms with Crippen LogP contribution in [-0.4, -0.2) is 32.9 Å². The Balaban J connectivity index is 1.94. The Labute approximate surface area is 150 Å². The van der Waals surface area contributed by atoms with Crippen molar-refractivity contribution in [3.63, 3.8) is 0 Å². The molecule has 0 amide bonds. The van der Waals surface area contributed by atoms with Crippen molar-refractivity contribution in [1.82, 2.24) is 8.68 Å². The first kappa shape index (κ1) is 18.2. The minimum absolute atomic E-state index is 0.0110. The van der Waals surface area contributed by atoms with Gasteiger partial charge < -0.3 is 0 Å². The van der Waals surface area contributed by atoms with E-state index in [1.807, 2.05) is 0 Å². The highest BCUT2D eigenvalue weighted by molar-refractivity contribution is 7.89. The number of nitrogens with one attached hydrogen (secondary N) is 1. The zero-order chi connectivity index (χ0) is 18.2. The monoisotopic (exact) mass is 403 g/mol. The van der Waals surface area contributed by atoms with Gasteiger partial charge in [0.25, 0.3) is 4.74 Å². The molecule has 0 radical (unpaired) electrons. The molecule has 1 saturated carbocycles. The maximum absolute atomic E-state index is 12.7. The SMILES string of the molecule is Cn1sc(=O)c2cc(S(=O)(=O)N[C@@H]3CCCC[C@H]3N=S(=O)=O)ccc21. The summed E-state index contributed by atoms with van der Waals surface area (Å²) in [6.07, 6.45) is 2.65. The van der Waals surface area contributed by atoms with E-state index in [1.165, 1.54) is 12.1 Å². The van der Waals surface area contributed by atoms with Crippen molar-refractivity contribution in [3.8, 4) is 0 Å². The predicted octanol–water partition coefficient (Wildman–Crippen LogP) is 1.25. The molecular weight excluding hydrogens is 386 g/mol. The molecule has 2 aromatic rings. The lowest BCUT2D eigenvalue weighted by atomic mass is 9.92. The van der Waals surface area contributed by atoms with E-state index in [1.54, 1.807) is 17.1 Å². The molecule has 1 aliphatic rings. The molecule has 1 aromatic carbocycles. The summed E-state index contributed by atoms with van der Waals surface area (Å²) in [5.41, 5.74) is 0.668. The number of hydrogen-bond acceptors (Lipinski definition) is 7. The largest absolute Gasteiger partial charge is 0.311 e. The summed E-state index contributed by atoms with van der Waals surface area (Å²) in [6.45, 7) is 0. The zero-order valence-electron chi connectivity index (χ0n) is 13.4. The van der Waals surface area contributed by atoms with Crippen LogP contribution in [-0.2, 0) is 27.6 Å². The Kier molecular flexibility index (Phi) is 5.09. The minimum atomic E-state index is -3.88. The van der Waals surface area contributed by atoms with E-state index in [2.05, 4.69) is 9.08 Å². The lowest BCUT2D eigenvalue weighted by molar-refractivity contribution is 0.364. The third kappa shape index (κ3) is 3.84. The summed E-state index contributed by atoms with van der Waals surface area (Å²) in [4.78, 5) is 11.9. The Morgan fingerprint density at radius 3 is 2.72 bits per heavy atom. The van der Waals surface area contributed by atoms with Crippen LogP contribution >= 0.6 is 11.5 Å². The predicted molar refractivity (Wildman–Crippen MR) is 94.8 cm³/mol. The molecule has 8 nitrogen and oxygen atoms in total. The molecule has 1 fully saturated rings. The van der Waals surface area contributed by atoms with Gasteiger partial charge in [-0.05, 0) is 42.6 Å². The highest BCUT2D eigenvalue weighted by Gasteiger charge is 2.30. The molecule has 136 valence electrons. The maximum Gasteiger partial charge on any atom is 0.311 e. The van der Waals surface area contributed by atoms with Crippen LogP contribution in [0.4, 0.5) is 0 Å². The van der Waals surface area contributed by atoms with Gasteiger partial charge in [0.15, 0.2) is 0 Å². The van der Waals surface area contributed by atoms with Gasteiger partial charge in [-0.25, -0.2) is 13.1 Å². The van der Waals surface area contributed by atoms with Gasteiger partial charge >= 0.3 is 10.5 Å². The van der Waals surface area contributed by atoms with Crippen molar-refractivity contribution < 1.29 is 16.8 Å². The summed E-state index contributed by atoms with van der Waals surface area (Å²) in [5, 5.41) is 0.348. The molecule has 0 aliphatic heterocycles. The van der Waals surface area contributed by atoms with Gasteiger partial charge in [0, 0.05) is 13.1 Å². The van der Waals surface area contributed by atoms with Crippen LogP contribution < -0.4 is 9.46 Å². The number of aryl methyl sites for hydroxylation is 1. The molecule has 1 N–H and O–H groups in total. The number of fused-ring (bicyclic) bond motifs is 1. The Bertz CT molecular complexity index is 1090. The number of aromatic nitrogens is 1. The first-order chi connectivity index (χ1) is 11.8. The second-order valence-electron chi connectivity index (χ2n) is 5.96. The van der Waals surface area contributed by atoms with Crippen molar-refractivity contribution in [2.45, 2.75) is 42.7 Å². The fraction of sp³-hybridized carbons (Fsp3) is 0.500. The van der Waals surface area contributed by atoms with E-state index in [0.29, 0.717) is 23.7 Å². The van der Waals surface area contributed by atoms with E-state index < -0.39 is 32.6 Å². The molecule has 3 rings (SSSR count). The number of nitrogens with zero attached hydrogens (tertiary/aromatic N) is 2. The van der Waals surface area contributed by atoms with E-state index in [-0.39, 0.29) is 9.64 Å². The summed E-state index contributed by atoms with van der Waals surface area (Å²) in [6, 6.07) is 3.23. The van der Waals surface area contributed by atoms with E-state index >= 15 is 0 Å². The minimum Gasteiger partial charge on any atom is -0.297 e. The highest BCUT2D eigenvalue weighted by Crippen LogP contribution is 2.24. The van der Waals surface area contributed by atoms with Crippen molar-refractivity contribution in [3.05, 3.63) is 27.7 Å². The van der Waals surface area contributed by atoms with E-state index in [9.17, 15) is 21.6 Å². The number of sulfonamides is 1. The number of rotatable bonds is 4. The van der Waals surface area contributed by atoms with Crippen LogP contribution in [0.1, 0.15) is 25.7 Å². The molecule has 1 heterocycles. The lowest BCUT2D eigenvalue weighted by Crippen LogP contribution is -2.44. The first-order valence-corrected chi connectivity index (χ1v) is 11.0. The first-order valence-electron chi connectivity index (χ1n) is 7.70. The van der Waals surface area contributed by atoms with Crippen LogP contribution in [0.5, 0.6) is 0 Å². The summed E-state index contributed by atoms with van der Waals surface area (Å²) in [5.74, 6) is 0. The van der Waals surface area contributed by atoms with Crippen LogP contribution in [0.2, 0.25) is 0 Å². The number of hydrogen-bond donors (Lipinski definition) is 1. The van der Waals surface area contributed by atoms with Gasteiger partial charge in [0.05, 0.1) is 21.8 Å². The second kappa shape index (κ2) is 6.98. The van der Waals surface area contributed by atoms with Crippen LogP contribution in [0.3, 0.4) is 0 Å². The second-order valence-corrected chi connectivity index (χ2v) is 9.42. The van der Waals surface area contributed by atoms with Crippen molar-refractivity contribution in [1.29, 1.82) is 0 Å². The fourth-order valence-electron chi connectivity index (χ4n) is 3.10.